The van der Waals surface area contributed by atoms with Gasteiger partial charge in [-0.2, -0.15) is 5.10 Å². The van der Waals surface area contributed by atoms with Crippen molar-refractivity contribution >= 4 is 0 Å². The van der Waals surface area contributed by atoms with Crippen LogP contribution in [-0.2, 0) is 6.54 Å². The van der Waals surface area contributed by atoms with Crippen LogP contribution in [-0.4, -0.2) is 17.2 Å². The summed E-state index contributed by atoms with van der Waals surface area (Å²) in [6.45, 7) is 2.57. The van der Waals surface area contributed by atoms with Gasteiger partial charge in [0.15, 0.2) is 0 Å². The average molecular weight is 219 g/mol. The summed E-state index contributed by atoms with van der Waals surface area (Å²) < 4.78 is 13.9. The van der Waals surface area contributed by atoms with E-state index in [4.69, 9.17) is 0 Å². The number of hydrogen-bond acceptors (Lipinski definition) is 2. The number of rotatable bonds is 3. The maximum atomic E-state index is 13.9. The van der Waals surface area contributed by atoms with Crippen LogP contribution in [0.15, 0.2) is 24.4 Å². The Kier molecular flexibility index (Phi) is 3.01. The van der Waals surface area contributed by atoms with E-state index in [0.717, 1.165) is 11.1 Å². The molecule has 0 unspecified atom stereocenters. The smallest absolute Gasteiger partial charge is 0.133 e. The molecule has 0 fully saturated rings. The third-order valence-electron chi connectivity index (χ3n) is 2.50. The van der Waals surface area contributed by atoms with Crippen molar-refractivity contribution in [3.8, 4) is 11.3 Å². The van der Waals surface area contributed by atoms with E-state index in [1.54, 1.807) is 18.3 Å². The Bertz CT molecular complexity index is 454. The molecule has 84 valence electrons. The fraction of sp³-hybridized carbons (Fsp3) is 0.250. The molecule has 16 heavy (non-hydrogen) atoms. The second-order valence-corrected chi connectivity index (χ2v) is 3.77. The van der Waals surface area contributed by atoms with E-state index >= 15 is 0 Å². The van der Waals surface area contributed by atoms with Crippen molar-refractivity contribution in [3.63, 3.8) is 0 Å². The Balaban J connectivity index is 2.48. The zero-order valence-corrected chi connectivity index (χ0v) is 9.34. The maximum Gasteiger partial charge on any atom is 0.133 e. The van der Waals surface area contributed by atoms with E-state index in [-0.39, 0.29) is 5.82 Å². The van der Waals surface area contributed by atoms with Crippen LogP contribution in [0.2, 0.25) is 0 Å². The van der Waals surface area contributed by atoms with Gasteiger partial charge in [0.25, 0.3) is 0 Å². The summed E-state index contributed by atoms with van der Waals surface area (Å²) in [7, 11) is 1.84. The van der Waals surface area contributed by atoms with Gasteiger partial charge >= 0.3 is 0 Å². The molecular weight excluding hydrogens is 205 g/mol. The van der Waals surface area contributed by atoms with E-state index in [2.05, 4.69) is 15.5 Å². The van der Waals surface area contributed by atoms with Crippen molar-refractivity contribution in [1.29, 1.82) is 0 Å². The van der Waals surface area contributed by atoms with Gasteiger partial charge in [-0.25, -0.2) is 4.39 Å². The van der Waals surface area contributed by atoms with Gasteiger partial charge in [0.05, 0.1) is 5.69 Å². The molecule has 0 aliphatic carbocycles. The van der Waals surface area contributed by atoms with Crippen LogP contribution >= 0.6 is 0 Å². The van der Waals surface area contributed by atoms with Crippen molar-refractivity contribution in [2.75, 3.05) is 7.05 Å². The van der Waals surface area contributed by atoms with Crippen molar-refractivity contribution < 1.29 is 4.39 Å². The van der Waals surface area contributed by atoms with Crippen molar-refractivity contribution in [3.05, 3.63) is 41.3 Å². The predicted molar refractivity (Wildman–Crippen MR) is 61.5 cm³/mol. The summed E-state index contributed by atoms with van der Waals surface area (Å²) >= 11 is 0. The Hall–Kier alpha value is -1.68. The van der Waals surface area contributed by atoms with Gasteiger partial charge in [-0.3, -0.25) is 5.10 Å². The minimum atomic E-state index is -0.213. The number of nitrogens with zero attached hydrogens (tertiary/aromatic N) is 1. The minimum Gasteiger partial charge on any atom is -0.316 e. The predicted octanol–water partition coefficient (Wildman–Crippen LogP) is 2.24. The van der Waals surface area contributed by atoms with Crippen LogP contribution in [0.3, 0.4) is 0 Å². The van der Waals surface area contributed by atoms with Gasteiger partial charge in [0, 0.05) is 18.3 Å². The van der Waals surface area contributed by atoms with E-state index in [0.29, 0.717) is 17.8 Å². The number of halogens is 1. The molecule has 1 heterocycles. The van der Waals surface area contributed by atoms with Crippen LogP contribution in [0.5, 0.6) is 0 Å². The molecule has 1 aromatic heterocycles. The van der Waals surface area contributed by atoms with Gasteiger partial charge < -0.3 is 5.32 Å². The fourth-order valence-electron chi connectivity index (χ4n) is 1.86. The second kappa shape index (κ2) is 4.45. The van der Waals surface area contributed by atoms with Gasteiger partial charge in [0.1, 0.15) is 5.82 Å². The Morgan fingerprint density at radius 2 is 2.25 bits per heavy atom. The van der Waals surface area contributed by atoms with Crippen LogP contribution in [0.25, 0.3) is 11.3 Å². The summed E-state index contributed by atoms with van der Waals surface area (Å²) in [4.78, 5) is 0. The molecular formula is C12H14FN3. The standard InChI is InChI=1S/C12H14FN3/c1-8-5-9(7-14-2)6-10(13)12(8)11-3-4-15-16-11/h3-6,14H,7H2,1-2H3,(H,15,16). The van der Waals surface area contributed by atoms with E-state index in [1.807, 2.05) is 20.0 Å². The molecule has 0 bridgehead atoms. The Morgan fingerprint density at radius 3 is 2.81 bits per heavy atom. The molecule has 0 aliphatic rings. The Morgan fingerprint density at radius 1 is 1.44 bits per heavy atom. The first-order valence-corrected chi connectivity index (χ1v) is 5.15. The van der Waals surface area contributed by atoms with E-state index in [1.165, 1.54) is 0 Å². The van der Waals surface area contributed by atoms with E-state index < -0.39 is 0 Å². The summed E-state index contributed by atoms with van der Waals surface area (Å²) in [5.41, 5.74) is 3.17. The highest BCUT2D eigenvalue weighted by Crippen LogP contribution is 2.25. The van der Waals surface area contributed by atoms with Gasteiger partial charge in [-0.1, -0.05) is 6.07 Å². The summed E-state index contributed by atoms with van der Waals surface area (Å²) in [5, 5.41) is 9.62. The number of benzene rings is 1. The first kappa shape index (κ1) is 10.8. The highest BCUT2D eigenvalue weighted by molar-refractivity contribution is 5.64. The molecule has 0 amide bonds. The SMILES string of the molecule is CNCc1cc(C)c(-c2ccn[nH]2)c(F)c1. The van der Waals surface area contributed by atoms with Crippen molar-refractivity contribution in [2.45, 2.75) is 13.5 Å². The van der Waals surface area contributed by atoms with Gasteiger partial charge in [0.2, 0.25) is 0 Å². The molecule has 2 N–H and O–H groups in total. The largest absolute Gasteiger partial charge is 0.316 e. The van der Waals surface area contributed by atoms with Crippen LogP contribution in [0, 0.1) is 12.7 Å². The highest BCUT2D eigenvalue weighted by Gasteiger charge is 2.11. The lowest BCUT2D eigenvalue weighted by atomic mass is 10.0. The molecule has 4 heteroatoms. The van der Waals surface area contributed by atoms with E-state index in [9.17, 15) is 4.39 Å². The number of hydrogen-bond donors (Lipinski definition) is 2. The number of aromatic amines is 1. The number of aromatic nitrogens is 2. The zero-order valence-electron chi connectivity index (χ0n) is 9.34. The molecule has 3 nitrogen and oxygen atoms in total. The van der Waals surface area contributed by atoms with Gasteiger partial charge in [-0.15, -0.1) is 0 Å². The summed E-state index contributed by atoms with van der Waals surface area (Å²) in [6, 6.07) is 5.30. The molecule has 2 aromatic rings. The summed E-state index contributed by atoms with van der Waals surface area (Å²) in [5.74, 6) is -0.213. The van der Waals surface area contributed by atoms with Crippen LogP contribution in [0.4, 0.5) is 4.39 Å². The van der Waals surface area contributed by atoms with Crippen LogP contribution in [0.1, 0.15) is 11.1 Å². The zero-order chi connectivity index (χ0) is 11.5. The monoisotopic (exact) mass is 219 g/mol. The average Bonchev–Trinajstić information content (AvgIpc) is 2.70. The van der Waals surface area contributed by atoms with Crippen LogP contribution < -0.4 is 5.32 Å². The summed E-state index contributed by atoms with van der Waals surface area (Å²) in [6.07, 6.45) is 1.62. The van der Waals surface area contributed by atoms with Crippen molar-refractivity contribution in [1.82, 2.24) is 15.5 Å². The van der Waals surface area contributed by atoms with Crippen molar-refractivity contribution in [2.24, 2.45) is 0 Å². The molecule has 2 rings (SSSR count). The lowest BCUT2D eigenvalue weighted by molar-refractivity contribution is 0.625. The topological polar surface area (TPSA) is 40.7 Å². The molecule has 0 saturated carbocycles. The number of H-pyrrole nitrogens is 1. The first-order chi connectivity index (χ1) is 7.72. The number of aryl methyl sites for hydroxylation is 1. The molecule has 1 aromatic carbocycles. The third-order valence-corrected chi connectivity index (χ3v) is 2.50. The fourth-order valence-corrected chi connectivity index (χ4v) is 1.86. The second-order valence-electron chi connectivity index (χ2n) is 3.77. The maximum absolute atomic E-state index is 13.9. The van der Waals surface area contributed by atoms with Gasteiger partial charge in [-0.05, 0) is 37.2 Å². The molecule has 0 atom stereocenters. The third kappa shape index (κ3) is 1.97. The lowest BCUT2D eigenvalue weighted by Crippen LogP contribution is -2.06. The molecule has 0 aliphatic heterocycles. The quantitative estimate of drug-likeness (QED) is 0.831. The minimum absolute atomic E-state index is 0.213. The normalized spacial score (nSPS) is 10.7. The lowest BCUT2D eigenvalue weighted by Gasteiger charge is -2.08. The first-order valence-electron chi connectivity index (χ1n) is 5.15. The molecule has 0 saturated heterocycles. The Labute approximate surface area is 93.7 Å². The molecule has 0 radical (unpaired) electrons. The highest BCUT2D eigenvalue weighted by atomic mass is 19.1. The molecule has 0 spiro atoms. The number of nitrogens with one attached hydrogen (secondary N) is 2.